The van der Waals surface area contributed by atoms with Crippen LogP contribution in [0.1, 0.15) is 25.7 Å². The molecule has 5 heteroatoms. The summed E-state index contributed by atoms with van der Waals surface area (Å²) in [4.78, 5) is 11.8. The zero-order valence-corrected chi connectivity index (χ0v) is 9.97. The van der Waals surface area contributed by atoms with E-state index in [9.17, 15) is 0 Å². The maximum absolute atomic E-state index is 5.35. The van der Waals surface area contributed by atoms with Gasteiger partial charge in [-0.2, -0.15) is 4.98 Å². The number of hydrogen-bond acceptors (Lipinski definition) is 4. The summed E-state index contributed by atoms with van der Waals surface area (Å²) in [5.74, 6) is 1.40. The first kappa shape index (κ1) is 9.82. The van der Waals surface area contributed by atoms with E-state index in [0.29, 0.717) is 5.82 Å². The topological polar surface area (TPSA) is 67.6 Å². The second-order valence-electron chi connectivity index (χ2n) is 5.12. The average molecular weight is 240 g/mol. The highest BCUT2D eigenvalue weighted by Crippen LogP contribution is 2.47. The number of aromatic nitrogens is 4. The van der Waals surface area contributed by atoms with Gasteiger partial charge in [0.15, 0.2) is 0 Å². The molecule has 0 unspecified atom stereocenters. The Labute approximate surface area is 103 Å². The van der Waals surface area contributed by atoms with E-state index in [0.717, 1.165) is 35.3 Å². The van der Waals surface area contributed by atoms with E-state index < -0.39 is 0 Å². The van der Waals surface area contributed by atoms with Gasteiger partial charge < -0.3 is 9.51 Å². The molecule has 18 heavy (non-hydrogen) atoms. The van der Waals surface area contributed by atoms with Crippen molar-refractivity contribution >= 4 is 11.0 Å². The van der Waals surface area contributed by atoms with E-state index in [1.54, 1.807) is 6.33 Å². The second-order valence-corrected chi connectivity index (χ2v) is 5.12. The highest BCUT2D eigenvalue weighted by Gasteiger charge is 2.44. The monoisotopic (exact) mass is 240 g/mol. The van der Waals surface area contributed by atoms with Gasteiger partial charge in [0.2, 0.25) is 11.7 Å². The van der Waals surface area contributed by atoms with Gasteiger partial charge in [0.1, 0.15) is 0 Å². The van der Waals surface area contributed by atoms with Gasteiger partial charge in [-0.05, 0) is 31.0 Å². The van der Waals surface area contributed by atoms with Gasteiger partial charge in [0.05, 0.1) is 17.4 Å². The lowest BCUT2D eigenvalue weighted by molar-refractivity contribution is 0.353. The Kier molecular flexibility index (Phi) is 1.74. The van der Waals surface area contributed by atoms with Crippen LogP contribution >= 0.6 is 0 Å². The van der Waals surface area contributed by atoms with Crippen molar-refractivity contribution in [1.29, 1.82) is 0 Å². The first-order chi connectivity index (χ1) is 8.74. The van der Waals surface area contributed by atoms with Gasteiger partial charge in [0.25, 0.3) is 0 Å². The minimum atomic E-state index is 0.114. The molecular weight excluding hydrogens is 228 g/mol. The highest BCUT2D eigenvalue weighted by atomic mass is 16.5. The number of aromatic amines is 1. The minimum absolute atomic E-state index is 0.114. The van der Waals surface area contributed by atoms with Crippen LogP contribution in [-0.4, -0.2) is 20.1 Å². The first-order valence-electron chi connectivity index (χ1n) is 6.02. The average Bonchev–Trinajstić information content (AvgIpc) is 2.89. The smallest absolute Gasteiger partial charge is 0.232 e. The molecule has 0 aliphatic heterocycles. The third-order valence-corrected chi connectivity index (χ3v) is 3.62. The summed E-state index contributed by atoms with van der Waals surface area (Å²) >= 11 is 0. The molecule has 0 bridgehead atoms. The Morgan fingerprint density at radius 2 is 2.22 bits per heavy atom. The number of fused-ring (bicyclic) bond motifs is 1. The summed E-state index contributed by atoms with van der Waals surface area (Å²) in [7, 11) is 0. The first-order valence-corrected chi connectivity index (χ1v) is 6.02. The summed E-state index contributed by atoms with van der Waals surface area (Å²) in [6.07, 6.45) is 3.95. The zero-order chi connectivity index (χ0) is 12.2. The normalized spacial score (nSPS) is 17.2. The van der Waals surface area contributed by atoms with E-state index in [4.69, 9.17) is 4.52 Å². The third-order valence-electron chi connectivity index (χ3n) is 3.62. The van der Waals surface area contributed by atoms with Crippen molar-refractivity contribution in [2.24, 2.45) is 0 Å². The molecule has 90 valence electrons. The number of hydrogen-bond donors (Lipinski definition) is 1. The van der Waals surface area contributed by atoms with Crippen LogP contribution < -0.4 is 0 Å². The van der Waals surface area contributed by atoms with Crippen molar-refractivity contribution in [3.63, 3.8) is 0 Å². The molecule has 2 aromatic heterocycles. The summed E-state index contributed by atoms with van der Waals surface area (Å²) in [6, 6.07) is 5.91. The predicted octanol–water partition coefficient (Wildman–Crippen LogP) is 2.66. The molecule has 3 aromatic rings. The number of H-pyrrole nitrogens is 1. The highest BCUT2D eigenvalue weighted by molar-refractivity contribution is 5.79. The molecule has 4 rings (SSSR count). The van der Waals surface area contributed by atoms with Crippen LogP contribution in [0, 0.1) is 0 Å². The minimum Gasteiger partial charge on any atom is -0.345 e. The number of nitrogens with one attached hydrogen (secondary N) is 1. The summed E-state index contributed by atoms with van der Waals surface area (Å²) in [6.45, 7) is 2.16. The van der Waals surface area contributed by atoms with Crippen LogP contribution in [0.4, 0.5) is 0 Å². The Morgan fingerprint density at radius 1 is 1.33 bits per heavy atom. The zero-order valence-electron chi connectivity index (χ0n) is 9.97. The van der Waals surface area contributed by atoms with Crippen molar-refractivity contribution in [2.45, 2.75) is 25.2 Å². The number of imidazole rings is 1. The molecule has 0 saturated heterocycles. The molecule has 0 atom stereocenters. The molecule has 0 amide bonds. The summed E-state index contributed by atoms with van der Waals surface area (Å²) in [5.41, 5.74) is 2.99. The molecule has 1 fully saturated rings. The lowest BCUT2D eigenvalue weighted by atomic mass is 10.1. The van der Waals surface area contributed by atoms with Crippen molar-refractivity contribution < 1.29 is 4.52 Å². The fourth-order valence-electron chi connectivity index (χ4n) is 2.06. The lowest BCUT2D eigenvalue weighted by Crippen LogP contribution is -1.99. The predicted molar refractivity (Wildman–Crippen MR) is 66.0 cm³/mol. The molecule has 5 nitrogen and oxygen atoms in total. The summed E-state index contributed by atoms with van der Waals surface area (Å²) < 4.78 is 5.35. The van der Waals surface area contributed by atoms with E-state index in [1.807, 2.05) is 18.2 Å². The van der Waals surface area contributed by atoms with Crippen LogP contribution in [0.3, 0.4) is 0 Å². The second kappa shape index (κ2) is 3.19. The molecule has 1 aliphatic rings. The molecule has 0 spiro atoms. The number of benzene rings is 1. The van der Waals surface area contributed by atoms with Crippen LogP contribution in [0.2, 0.25) is 0 Å². The number of nitrogens with zero attached hydrogens (tertiary/aromatic N) is 3. The quantitative estimate of drug-likeness (QED) is 0.747. The Morgan fingerprint density at radius 3 is 3.06 bits per heavy atom. The summed E-state index contributed by atoms with van der Waals surface area (Å²) in [5, 5.41) is 4.06. The molecular formula is C13H12N4O. The van der Waals surface area contributed by atoms with Crippen LogP contribution in [0.5, 0.6) is 0 Å². The van der Waals surface area contributed by atoms with Gasteiger partial charge in [-0.3, -0.25) is 0 Å². The fourth-order valence-corrected chi connectivity index (χ4v) is 2.06. The van der Waals surface area contributed by atoms with Crippen molar-refractivity contribution in [3.8, 4) is 11.4 Å². The van der Waals surface area contributed by atoms with Gasteiger partial charge >= 0.3 is 0 Å². The third kappa shape index (κ3) is 1.37. The van der Waals surface area contributed by atoms with E-state index in [-0.39, 0.29) is 5.41 Å². The van der Waals surface area contributed by atoms with Crippen LogP contribution in [0.15, 0.2) is 29.0 Å². The Bertz CT molecular complexity index is 723. The van der Waals surface area contributed by atoms with Crippen molar-refractivity contribution in [1.82, 2.24) is 20.1 Å². The van der Waals surface area contributed by atoms with Crippen LogP contribution in [0.25, 0.3) is 22.4 Å². The molecule has 0 radical (unpaired) electrons. The van der Waals surface area contributed by atoms with Gasteiger partial charge in [-0.1, -0.05) is 12.1 Å². The van der Waals surface area contributed by atoms with E-state index >= 15 is 0 Å². The van der Waals surface area contributed by atoms with Crippen LogP contribution in [-0.2, 0) is 5.41 Å². The molecule has 1 N–H and O–H groups in total. The largest absolute Gasteiger partial charge is 0.345 e. The van der Waals surface area contributed by atoms with Gasteiger partial charge in [-0.15, -0.1) is 0 Å². The maximum atomic E-state index is 5.35. The van der Waals surface area contributed by atoms with E-state index in [2.05, 4.69) is 27.0 Å². The van der Waals surface area contributed by atoms with Crippen molar-refractivity contribution in [3.05, 3.63) is 30.4 Å². The van der Waals surface area contributed by atoms with Gasteiger partial charge in [-0.25, -0.2) is 4.98 Å². The SMILES string of the molecule is CC1(c2nc(-c3ccc4nc[nH]c4c3)no2)CC1. The molecule has 1 saturated carbocycles. The molecule has 1 aromatic carbocycles. The maximum Gasteiger partial charge on any atom is 0.232 e. The fraction of sp³-hybridized carbons (Fsp3) is 0.308. The molecule has 1 aliphatic carbocycles. The van der Waals surface area contributed by atoms with Crippen molar-refractivity contribution in [2.75, 3.05) is 0 Å². The lowest BCUT2D eigenvalue weighted by Gasteiger charge is -1.97. The standard InChI is InChI=1S/C13H12N4O/c1-13(4-5-13)12-16-11(17-18-12)8-2-3-9-10(6-8)15-7-14-9/h2-3,6-7H,4-5H2,1H3,(H,14,15). The van der Waals surface area contributed by atoms with Gasteiger partial charge in [0, 0.05) is 11.0 Å². The molecule has 2 heterocycles. The Hall–Kier alpha value is -2.17. The van der Waals surface area contributed by atoms with E-state index in [1.165, 1.54) is 0 Å². The number of rotatable bonds is 2. The Balaban J connectivity index is 1.79.